The second kappa shape index (κ2) is 4.21. The number of carboxylic acid groups (broad SMARTS) is 1. The van der Waals surface area contributed by atoms with E-state index in [-0.39, 0.29) is 0 Å². The molecule has 0 bridgehead atoms. The summed E-state index contributed by atoms with van der Waals surface area (Å²) >= 11 is 1.69. The minimum atomic E-state index is -0.877. The fraction of sp³-hybridized carbons (Fsp3) is 0.286. The molecule has 1 aliphatic rings. The highest BCUT2D eigenvalue weighted by Crippen LogP contribution is 2.41. The van der Waals surface area contributed by atoms with E-state index in [2.05, 4.69) is 18.0 Å². The van der Waals surface area contributed by atoms with Gasteiger partial charge in [-0.25, -0.2) is 4.79 Å². The summed E-state index contributed by atoms with van der Waals surface area (Å²) in [7, 11) is 0. The summed E-state index contributed by atoms with van der Waals surface area (Å²) in [6, 6.07) is 7.59. The molecule has 92 valence electrons. The zero-order valence-electron chi connectivity index (χ0n) is 10.0. The van der Waals surface area contributed by atoms with Crippen molar-refractivity contribution in [1.29, 1.82) is 0 Å². The van der Waals surface area contributed by atoms with Gasteiger partial charge in [0.2, 0.25) is 0 Å². The standard InChI is InChI=1S/C14H13NO2S/c1-8-2-7-12(18-8)11-6-5-10(14(16)17)13(15-11)9-3-4-9/h2,5-7,9H,3-4H2,1H3,(H,16,17). The van der Waals surface area contributed by atoms with Crippen molar-refractivity contribution >= 4 is 17.3 Å². The van der Waals surface area contributed by atoms with Gasteiger partial charge in [0.25, 0.3) is 0 Å². The summed E-state index contributed by atoms with van der Waals surface area (Å²) in [5.74, 6) is -0.532. The third kappa shape index (κ3) is 2.04. The average Bonchev–Trinajstić information content (AvgIpc) is 3.11. The molecule has 1 N–H and O–H groups in total. The average molecular weight is 259 g/mol. The Balaban J connectivity index is 2.07. The molecule has 0 atom stereocenters. The minimum Gasteiger partial charge on any atom is -0.478 e. The van der Waals surface area contributed by atoms with E-state index >= 15 is 0 Å². The molecule has 2 heterocycles. The number of aromatic carboxylic acids is 1. The fourth-order valence-corrected chi connectivity index (χ4v) is 2.87. The number of aryl methyl sites for hydroxylation is 1. The van der Waals surface area contributed by atoms with Crippen LogP contribution in [-0.4, -0.2) is 16.1 Å². The molecule has 3 rings (SSSR count). The van der Waals surface area contributed by atoms with E-state index < -0.39 is 5.97 Å². The minimum absolute atomic E-state index is 0.345. The van der Waals surface area contributed by atoms with Gasteiger partial charge in [0.1, 0.15) is 0 Å². The highest BCUT2D eigenvalue weighted by atomic mass is 32.1. The second-order valence-electron chi connectivity index (χ2n) is 4.62. The van der Waals surface area contributed by atoms with Gasteiger partial charge in [-0.05, 0) is 44.0 Å². The van der Waals surface area contributed by atoms with Crippen LogP contribution in [0, 0.1) is 6.92 Å². The number of nitrogens with zero attached hydrogens (tertiary/aromatic N) is 1. The molecule has 0 spiro atoms. The lowest BCUT2D eigenvalue weighted by molar-refractivity contribution is 0.0695. The van der Waals surface area contributed by atoms with Crippen molar-refractivity contribution < 1.29 is 9.90 Å². The molecule has 18 heavy (non-hydrogen) atoms. The van der Waals surface area contributed by atoms with Crippen molar-refractivity contribution in [3.05, 3.63) is 40.4 Å². The lowest BCUT2D eigenvalue weighted by Gasteiger charge is -2.06. The Morgan fingerprint density at radius 1 is 1.33 bits per heavy atom. The van der Waals surface area contributed by atoms with Gasteiger partial charge in [-0.15, -0.1) is 11.3 Å². The predicted octanol–water partition coefficient (Wildman–Crippen LogP) is 3.69. The van der Waals surface area contributed by atoms with Gasteiger partial charge < -0.3 is 5.11 Å². The maximum Gasteiger partial charge on any atom is 0.337 e. The predicted molar refractivity (Wildman–Crippen MR) is 71.2 cm³/mol. The summed E-state index contributed by atoms with van der Waals surface area (Å²) < 4.78 is 0. The maximum atomic E-state index is 11.2. The molecule has 1 saturated carbocycles. The van der Waals surface area contributed by atoms with E-state index in [1.807, 2.05) is 6.07 Å². The summed E-state index contributed by atoms with van der Waals surface area (Å²) in [4.78, 5) is 18.1. The van der Waals surface area contributed by atoms with Crippen LogP contribution in [-0.2, 0) is 0 Å². The van der Waals surface area contributed by atoms with Gasteiger partial charge in [0, 0.05) is 10.8 Å². The Bertz CT molecular complexity index is 614. The number of hydrogen-bond donors (Lipinski definition) is 1. The second-order valence-corrected chi connectivity index (χ2v) is 5.91. The number of pyridine rings is 1. The molecule has 0 aromatic carbocycles. The topological polar surface area (TPSA) is 50.2 Å². The van der Waals surface area contributed by atoms with E-state index in [0.717, 1.165) is 29.1 Å². The molecule has 2 aromatic rings. The van der Waals surface area contributed by atoms with E-state index in [1.165, 1.54) is 4.88 Å². The lowest BCUT2D eigenvalue weighted by Crippen LogP contribution is -2.04. The van der Waals surface area contributed by atoms with Crippen LogP contribution in [0.15, 0.2) is 24.3 Å². The van der Waals surface area contributed by atoms with Crippen LogP contribution < -0.4 is 0 Å². The first-order chi connectivity index (χ1) is 8.65. The normalized spacial score (nSPS) is 14.7. The van der Waals surface area contributed by atoms with Crippen LogP contribution in [0.1, 0.15) is 39.7 Å². The molecule has 3 nitrogen and oxygen atoms in total. The van der Waals surface area contributed by atoms with Crippen molar-refractivity contribution in [2.45, 2.75) is 25.7 Å². The summed E-state index contributed by atoms with van der Waals surface area (Å²) in [6.07, 6.45) is 2.11. The van der Waals surface area contributed by atoms with E-state index in [0.29, 0.717) is 11.5 Å². The SMILES string of the molecule is Cc1ccc(-c2ccc(C(=O)O)c(C3CC3)n2)s1. The first-order valence-corrected chi connectivity index (χ1v) is 6.78. The first-order valence-electron chi connectivity index (χ1n) is 5.96. The maximum absolute atomic E-state index is 11.2. The van der Waals surface area contributed by atoms with Gasteiger partial charge in [0.15, 0.2) is 0 Å². The number of hydrogen-bond acceptors (Lipinski definition) is 3. The number of aromatic nitrogens is 1. The molecule has 1 aliphatic carbocycles. The molecule has 0 radical (unpaired) electrons. The van der Waals surface area contributed by atoms with Gasteiger partial charge >= 0.3 is 5.97 Å². The van der Waals surface area contributed by atoms with Crippen molar-refractivity contribution in [2.24, 2.45) is 0 Å². The molecule has 0 saturated heterocycles. The third-order valence-electron chi connectivity index (χ3n) is 3.11. The highest BCUT2D eigenvalue weighted by molar-refractivity contribution is 7.15. The molecule has 4 heteroatoms. The van der Waals surface area contributed by atoms with Crippen molar-refractivity contribution in [3.8, 4) is 10.6 Å². The number of rotatable bonds is 3. The molecular weight excluding hydrogens is 246 g/mol. The zero-order valence-corrected chi connectivity index (χ0v) is 10.8. The largest absolute Gasteiger partial charge is 0.478 e. The van der Waals surface area contributed by atoms with E-state index in [4.69, 9.17) is 0 Å². The van der Waals surface area contributed by atoms with Crippen LogP contribution >= 0.6 is 11.3 Å². The highest BCUT2D eigenvalue weighted by Gasteiger charge is 2.30. The van der Waals surface area contributed by atoms with Crippen molar-refractivity contribution in [2.75, 3.05) is 0 Å². The van der Waals surface area contributed by atoms with Crippen molar-refractivity contribution in [3.63, 3.8) is 0 Å². The molecule has 0 unspecified atom stereocenters. The van der Waals surface area contributed by atoms with Crippen LogP contribution in [0.4, 0.5) is 0 Å². The quantitative estimate of drug-likeness (QED) is 0.914. The Hall–Kier alpha value is -1.68. The number of thiophene rings is 1. The van der Waals surface area contributed by atoms with Gasteiger partial charge in [-0.3, -0.25) is 4.98 Å². The molecule has 1 fully saturated rings. The van der Waals surface area contributed by atoms with Crippen LogP contribution in [0.5, 0.6) is 0 Å². The van der Waals surface area contributed by atoms with E-state index in [9.17, 15) is 9.90 Å². The van der Waals surface area contributed by atoms with E-state index in [1.54, 1.807) is 23.5 Å². The summed E-state index contributed by atoms with van der Waals surface area (Å²) in [6.45, 7) is 2.06. The molecule has 0 aliphatic heterocycles. The summed E-state index contributed by atoms with van der Waals surface area (Å²) in [5, 5.41) is 9.17. The van der Waals surface area contributed by atoms with Gasteiger partial charge in [-0.2, -0.15) is 0 Å². The number of carboxylic acids is 1. The van der Waals surface area contributed by atoms with Gasteiger partial charge in [-0.1, -0.05) is 0 Å². The Morgan fingerprint density at radius 3 is 2.67 bits per heavy atom. The fourth-order valence-electron chi connectivity index (χ4n) is 2.03. The smallest absolute Gasteiger partial charge is 0.337 e. The Labute approximate surface area is 109 Å². The molecular formula is C14H13NO2S. The zero-order chi connectivity index (χ0) is 12.7. The van der Waals surface area contributed by atoms with Crippen molar-refractivity contribution in [1.82, 2.24) is 4.98 Å². The van der Waals surface area contributed by atoms with Crippen LogP contribution in [0.2, 0.25) is 0 Å². The Morgan fingerprint density at radius 2 is 2.11 bits per heavy atom. The van der Waals surface area contributed by atoms with Crippen LogP contribution in [0.3, 0.4) is 0 Å². The van der Waals surface area contributed by atoms with Gasteiger partial charge in [0.05, 0.1) is 21.8 Å². The summed E-state index contributed by atoms with van der Waals surface area (Å²) in [5.41, 5.74) is 2.00. The Kier molecular flexibility index (Phi) is 2.67. The van der Waals surface area contributed by atoms with Crippen LogP contribution in [0.25, 0.3) is 10.6 Å². The monoisotopic (exact) mass is 259 g/mol. The lowest BCUT2D eigenvalue weighted by atomic mass is 10.1. The first kappa shape index (κ1) is 11.4. The molecule has 0 amide bonds. The third-order valence-corrected chi connectivity index (χ3v) is 4.14. The molecule has 2 aromatic heterocycles. The number of carbonyl (C=O) groups is 1.